The highest BCUT2D eigenvalue weighted by Gasteiger charge is 2.03. The number of hydrogen-bond donors (Lipinski definition) is 1. The number of nitrogens with two attached hydrogens (primary N) is 1. The van der Waals surface area contributed by atoms with E-state index in [-0.39, 0.29) is 0 Å². The number of rotatable bonds is 3. The minimum absolute atomic E-state index is 0.650. The van der Waals surface area contributed by atoms with Gasteiger partial charge in [0.15, 0.2) is 0 Å². The molecular formula is C10H9ClN2OS. The van der Waals surface area contributed by atoms with Gasteiger partial charge in [-0.2, -0.15) is 0 Å². The van der Waals surface area contributed by atoms with Crippen LogP contribution < -0.4 is 5.73 Å². The van der Waals surface area contributed by atoms with E-state index in [0.29, 0.717) is 16.5 Å². The lowest BCUT2D eigenvalue weighted by Gasteiger charge is -2.03. The molecule has 15 heavy (non-hydrogen) atoms. The van der Waals surface area contributed by atoms with Gasteiger partial charge < -0.3 is 10.3 Å². The van der Waals surface area contributed by atoms with Crippen LogP contribution in [0.4, 0.5) is 5.69 Å². The minimum atomic E-state index is 0.650. The maximum atomic E-state index is 5.81. The summed E-state index contributed by atoms with van der Waals surface area (Å²) in [6.45, 7) is 0. The average Bonchev–Trinajstić information content (AvgIpc) is 2.69. The van der Waals surface area contributed by atoms with Gasteiger partial charge in [-0.05, 0) is 18.2 Å². The molecular weight excluding hydrogens is 232 g/mol. The average molecular weight is 241 g/mol. The van der Waals surface area contributed by atoms with Crippen LogP contribution in [0.3, 0.4) is 0 Å². The van der Waals surface area contributed by atoms with Crippen LogP contribution >= 0.6 is 23.4 Å². The summed E-state index contributed by atoms with van der Waals surface area (Å²) in [5.41, 5.74) is 6.50. The molecule has 0 aliphatic rings. The number of hydrogen-bond acceptors (Lipinski definition) is 4. The molecule has 1 aromatic carbocycles. The summed E-state index contributed by atoms with van der Waals surface area (Å²) in [7, 11) is 0. The van der Waals surface area contributed by atoms with E-state index in [1.54, 1.807) is 24.0 Å². The van der Waals surface area contributed by atoms with E-state index in [0.717, 1.165) is 10.7 Å². The van der Waals surface area contributed by atoms with Gasteiger partial charge in [0, 0.05) is 21.7 Å². The van der Waals surface area contributed by atoms with E-state index in [9.17, 15) is 0 Å². The molecule has 0 radical (unpaired) electrons. The minimum Gasteiger partial charge on any atom is -0.398 e. The number of thioether (sulfide) groups is 1. The number of anilines is 1. The first kappa shape index (κ1) is 10.4. The lowest BCUT2D eigenvalue weighted by atomic mass is 10.3. The Labute approximate surface area is 96.6 Å². The van der Waals surface area contributed by atoms with E-state index in [4.69, 9.17) is 21.9 Å². The predicted molar refractivity (Wildman–Crippen MR) is 61.9 cm³/mol. The van der Waals surface area contributed by atoms with Crippen molar-refractivity contribution in [3.05, 3.63) is 41.2 Å². The summed E-state index contributed by atoms with van der Waals surface area (Å²) in [5.74, 6) is 1.54. The Balaban J connectivity index is 2.05. The Morgan fingerprint density at radius 2 is 2.27 bits per heavy atom. The van der Waals surface area contributed by atoms with Crippen molar-refractivity contribution in [1.82, 2.24) is 5.16 Å². The summed E-state index contributed by atoms with van der Waals surface area (Å²) >= 11 is 7.39. The lowest BCUT2D eigenvalue weighted by Crippen LogP contribution is -1.88. The molecule has 2 rings (SSSR count). The molecule has 0 saturated carbocycles. The third-order valence-electron chi connectivity index (χ3n) is 1.83. The number of aromatic nitrogens is 1. The van der Waals surface area contributed by atoms with Crippen LogP contribution in [0.5, 0.6) is 0 Å². The Morgan fingerprint density at radius 1 is 1.40 bits per heavy atom. The van der Waals surface area contributed by atoms with Gasteiger partial charge in [-0.3, -0.25) is 0 Å². The molecule has 1 heterocycles. The van der Waals surface area contributed by atoms with Crippen molar-refractivity contribution >= 4 is 29.1 Å². The molecule has 0 aliphatic heterocycles. The molecule has 1 aromatic heterocycles. The fourth-order valence-corrected chi connectivity index (χ4v) is 2.13. The van der Waals surface area contributed by atoms with Crippen LogP contribution in [0.15, 0.2) is 39.9 Å². The van der Waals surface area contributed by atoms with Crippen molar-refractivity contribution in [2.24, 2.45) is 0 Å². The van der Waals surface area contributed by atoms with Gasteiger partial charge in [-0.1, -0.05) is 16.8 Å². The van der Waals surface area contributed by atoms with Crippen molar-refractivity contribution in [1.29, 1.82) is 0 Å². The van der Waals surface area contributed by atoms with Crippen LogP contribution in [0.25, 0.3) is 0 Å². The van der Waals surface area contributed by atoms with Gasteiger partial charge in [0.2, 0.25) is 0 Å². The van der Waals surface area contributed by atoms with E-state index in [2.05, 4.69) is 5.16 Å². The van der Waals surface area contributed by atoms with Gasteiger partial charge in [0.25, 0.3) is 0 Å². The van der Waals surface area contributed by atoms with Crippen molar-refractivity contribution in [3.8, 4) is 0 Å². The molecule has 0 unspecified atom stereocenters. The second kappa shape index (κ2) is 4.59. The highest BCUT2D eigenvalue weighted by molar-refractivity contribution is 7.98. The largest absolute Gasteiger partial charge is 0.398 e. The maximum Gasteiger partial charge on any atom is 0.146 e. The molecule has 0 spiro atoms. The molecule has 2 aromatic rings. The fourth-order valence-electron chi connectivity index (χ4n) is 1.12. The molecule has 0 saturated heterocycles. The molecule has 0 fully saturated rings. The van der Waals surface area contributed by atoms with Crippen LogP contribution in [0, 0.1) is 0 Å². The van der Waals surface area contributed by atoms with Crippen molar-refractivity contribution < 1.29 is 4.52 Å². The highest BCUT2D eigenvalue weighted by Crippen LogP contribution is 2.29. The van der Waals surface area contributed by atoms with Crippen LogP contribution in [0.2, 0.25) is 5.02 Å². The normalized spacial score (nSPS) is 10.5. The monoisotopic (exact) mass is 240 g/mol. The number of halogens is 1. The smallest absolute Gasteiger partial charge is 0.146 e. The topological polar surface area (TPSA) is 52.0 Å². The SMILES string of the molecule is Nc1cc(Cl)ccc1SCc1ccno1. The molecule has 0 bridgehead atoms. The van der Waals surface area contributed by atoms with Crippen molar-refractivity contribution in [2.45, 2.75) is 10.6 Å². The fraction of sp³-hybridized carbons (Fsp3) is 0.100. The second-order valence-electron chi connectivity index (χ2n) is 2.95. The van der Waals surface area contributed by atoms with Gasteiger partial charge >= 0.3 is 0 Å². The summed E-state index contributed by atoms with van der Waals surface area (Å²) < 4.78 is 4.98. The van der Waals surface area contributed by atoms with Gasteiger partial charge in [-0.25, -0.2) is 0 Å². The maximum absolute atomic E-state index is 5.81. The molecule has 0 aliphatic carbocycles. The van der Waals surface area contributed by atoms with E-state index < -0.39 is 0 Å². The second-order valence-corrected chi connectivity index (χ2v) is 4.40. The first-order chi connectivity index (χ1) is 7.25. The Morgan fingerprint density at radius 3 is 2.93 bits per heavy atom. The Kier molecular flexibility index (Phi) is 3.18. The Hall–Kier alpha value is -1.13. The highest BCUT2D eigenvalue weighted by atomic mass is 35.5. The molecule has 3 nitrogen and oxygen atoms in total. The summed E-state index contributed by atoms with van der Waals surface area (Å²) in [6, 6.07) is 7.29. The molecule has 0 amide bonds. The van der Waals surface area contributed by atoms with Crippen molar-refractivity contribution in [2.75, 3.05) is 5.73 Å². The number of benzene rings is 1. The van der Waals surface area contributed by atoms with E-state index in [1.165, 1.54) is 0 Å². The summed E-state index contributed by atoms with van der Waals surface area (Å²) in [6.07, 6.45) is 1.63. The third kappa shape index (κ3) is 2.67. The van der Waals surface area contributed by atoms with Crippen LogP contribution in [0.1, 0.15) is 5.76 Å². The molecule has 5 heteroatoms. The number of nitrogen functional groups attached to an aromatic ring is 1. The first-order valence-electron chi connectivity index (χ1n) is 4.33. The van der Waals surface area contributed by atoms with Crippen LogP contribution in [-0.2, 0) is 5.75 Å². The van der Waals surface area contributed by atoms with E-state index in [1.807, 2.05) is 18.2 Å². The standard InChI is InChI=1S/C10H9ClN2OS/c11-7-1-2-10(9(12)5-7)15-6-8-3-4-13-14-8/h1-5H,6,12H2. The molecule has 78 valence electrons. The van der Waals surface area contributed by atoms with Gasteiger partial charge in [0.1, 0.15) is 5.76 Å². The zero-order valence-corrected chi connectivity index (χ0v) is 9.39. The first-order valence-corrected chi connectivity index (χ1v) is 5.69. The predicted octanol–water partition coefficient (Wildman–Crippen LogP) is 3.20. The Bertz CT molecular complexity index is 445. The van der Waals surface area contributed by atoms with Gasteiger partial charge in [-0.15, -0.1) is 11.8 Å². The van der Waals surface area contributed by atoms with Gasteiger partial charge in [0.05, 0.1) is 11.9 Å². The van der Waals surface area contributed by atoms with E-state index >= 15 is 0 Å². The zero-order valence-electron chi connectivity index (χ0n) is 7.81. The summed E-state index contributed by atoms with van der Waals surface area (Å²) in [4.78, 5) is 0.996. The lowest BCUT2D eigenvalue weighted by molar-refractivity contribution is 0.395. The molecule has 2 N–H and O–H groups in total. The zero-order chi connectivity index (χ0) is 10.7. The number of nitrogens with zero attached hydrogens (tertiary/aromatic N) is 1. The van der Waals surface area contributed by atoms with Crippen molar-refractivity contribution in [3.63, 3.8) is 0 Å². The quantitative estimate of drug-likeness (QED) is 0.661. The third-order valence-corrected chi connectivity index (χ3v) is 3.18. The summed E-state index contributed by atoms with van der Waals surface area (Å²) in [5, 5.41) is 4.28. The van der Waals surface area contributed by atoms with Crippen LogP contribution in [-0.4, -0.2) is 5.16 Å². The molecule has 0 atom stereocenters.